The topological polar surface area (TPSA) is 78.2 Å². The maximum Gasteiger partial charge on any atom is 0.338 e. The van der Waals surface area contributed by atoms with Crippen LogP contribution in [0.2, 0.25) is 0 Å². The van der Waals surface area contributed by atoms with E-state index in [0.717, 1.165) is 72.5 Å². The number of carbonyl (C=O) groups excluding carboxylic acids is 1. The Labute approximate surface area is 239 Å². The molecule has 0 saturated carbocycles. The number of fused-ring (bicyclic) bond motifs is 1. The van der Waals surface area contributed by atoms with Gasteiger partial charge >= 0.3 is 5.97 Å². The van der Waals surface area contributed by atoms with Gasteiger partial charge in [-0.2, -0.15) is 5.10 Å². The van der Waals surface area contributed by atoms with Crippen LogP contribution in [-0.2, 0) is 14.2 Å². The van der Waals surface area contributed by atoms with Gasteiger partial charge in [0.1, 0.15) is 5.01 Å². The third-order valence-electron chi connectivity index (χ3n) is 7.32. The number of ether oxygens (including phenoxy) is 3. The van der Waals surface area contributed by atoms with Crippen LogP contribution < -0.4 is 4.90 Å². The normalized spacial score (nSPS) is 14.2. The summed E-state index contributed by atoms with van der Waals surface area (Å²) in [5, 5.41) is 5.71. The lowest BCUT2D eigenvalue weighted by molar-refractivity contribution is 0.0526. The Morgan fingerprint density at radius 2 is 1.70 bits per heavy atom. The number of rotatable bonds is 13. The average Bonchev–Trinajstić information content (AvgIpc) is 3.57. The van der Waals surface area contributed by atoms with Crippen LogP contribution in [0.4, 0.5) is 5.69 Å². The van der Waals surface area contributed by atoms with Crippen LogP contribution in [0.15, 0.2) is 54.7 Å². The van der Waals surface area contributed by atoms with E-state index in [1.165, 1.54) is 24.9 Å². The van der Waals surface area contributed by atoms with E-state index in [1.807, 2.05) is 22.8 Å². The number of piperidine rings is 1. The third kappa shape index (κ3) is 7.08. The maximum atomic E-state index is 11.9. The van der Waals surface area contributed by atoms with Crippen LogP contribution in [0.1, 0.15) is 49.4 Å². The van der Waals surface area contributed by atoms with Gasteiger partial charge in [0.25, 0.3) is 0 Å². The van der Waals surface area contributed by atoms with Crippen LogP contribution in [-0.4, -0.2) is 67.2 Å². The first-order valence-corrected chi connectivity index (χ1v) is 15.0. The summed E-state index contributed by atoms with van der Waals surface area (Å²) in [5.41, 5.74) is 4.65. The van der Waals surface area contributed by atoms with Crippen molar-refractivity contribution in [3.8, 4) is 21.8 Å². The van der Waals surface area contributed by atoms with Gasteiger partial charge < -0.3 is 19.1 Å². The van der Waals surface area contributed by atoms with Crippen LogP contribution in [0.25, 0.3) is 26.8 Å². The number of benzene rings is 2. The monoisotopic (exact) mass is 562 g/mol. The Balaban J connectivity index is 1.12. The van der Waals surface area contributed by atoms with Gasteiger partial charge in [-0.15, -0.1) is 0 Å². The van der Waals surface area contributed by atoms with Gasteiger partial charge in [0.15, 0.2) is 0 Å². The van der Waals surface area contributed by atoms with Crippen molar-refractivity contribution in [3.63, 3.8) is 0 Å². The lowest BCUT2D eigenvalue weighted by atomic mass is 9.97. The number of hydrogen-bond donors (Lipinski definition) is 0. The zero-order valence-electron chi connectivity index (χ0n) is 23.4. The molecule has 40 heavy (non-hydrogen) atoms. The number of hydrogen-bond acceptors (Lipinski definition) is 8. The number of nitrogens with zero attached hydrogens (tertiary/aromatic N) is 4. The minimum Gasteiger partial charge on any atom is -0.462 e. The van der Waals surface area contributed by atoms with E-state index in [-0.39, 0.29) is 5.97 Å². The van der Waals surface area contributed by atoms with Crippen LogP contribution in [0.5, 0.6) is 0 Å². The van der Waals surface area contributed by atoms with Crippen molar-refractivity contribution in [2.45, 2.75) is 39.0 Å². The predicted molar refractivity (Wildman–Crippen MR) is 159 cm³/mol. The summed E-state index contributed by atoms with van der Waals surface area (Å²) in [6, 6.07) is 16.0. The first-order chi connectivity index (χ1) is 19.6. The highest BCUT2D eigenvalue weighted by Crippen LogP contribution is 2.31. The van der Waals surface area contributed by atoms with Crippen LogP contribution in [0.3, 0.4) is 0 Å². The summed E-state index contributed by atoms with van der Waals surface area (Å²) in [6.45, 7) is 6.87. The molecule has 212 valence electrons. The molecule has 0 bridgehead atoms. The fourth-order valence-corrected chi connectivity index (χ4v) is 5.88. The molecule has 0 unspecified atom stereocenters. The number of methoxy groups -OCH3 is 1. The van der Waals surface area contributed by atoms with Gasteiger partial charge in [-0.3, -0.25) is 0 Å². The first-order valence-electron chi connectivity index (χ1n) is 14.2. The largest absolute Gasteiger partial charge is 0.462 e. The molecule has 4 aromatic rings. The van der Waals surface area contributed by atoms with Gasteiger partial charge in [0.05, 0.1) is 24.1 Å². The van der Waals surface area contributed by atoms with E-state index < -0.39 is 0 Å². The second-order valence-electron chi connectivity index (χ2n) is 10.2. The zero-order valence-corrected chi connectivity index (χ0v) is 24.2. The summed E-state index contributed by atoms with van der Waals surface area (Å²) in [4.78, 5) is 20.0. The van der Waals surface area contributed by atoms with E-state index in [0.29, 0.717) is 18.1 Å². The highest BCUT2D eigenvalue weighted by atomic mass is 32.1. The summed E-state index contributed by atoms with van der Waals surface area (Å²) in [6.07, 6.45) is 7.67. The fourth-order valence-electron chi connectivity index (χ4n) is 5.00. The van der Waals surface area contributed by atoms with Crippen molar-refractivity contribution in [1.29, 1.82) is 0 Å². The zero-order chi connectivity index (χ0) is 27.7. The quantitative estimate of drug-likeness (QED) is 0.139. The predicted octanol–water partition coefficient (Wildman–Crippen LogP) is 6.35. The molecule has 5 rings (SSSR count). The van der Waals surface area contributed by atoms with E-state index in [4.69, 9.17) is 24.3 Å². The fraction of sp³-hybridized carbons (Fsp3) is 0.452. The van der Waals surface area contributed by atoms with Gasteiger partial charge in [-0.1, -0.05) is 23.5 Å². The Morgan fingerprint density at radius 1 is 0.975 bits per heavy atom. The number of aromatic nitrogens is 3. The van der Waals surface area contributed by atoms with Gasteiger partial charge in [-0.25, -0.2) is 14.3 Å². The molecule has 9 heteroatoms. The van der Waals surface area contributed by atoms with Crippen molar-refractivity contribution < 1.29 is 19.0 Å². The molecule has 1 fully saturated rings. The van der Waals surface area contributed by atoms with Crippen molar-refractivity contribution in [2.24, 2.45) is 5.92 Å². The first kappa shape index (κ1) is 28.3. The smallest absolute Gasteiger partial charge is 0.338 e. The van der Waals surface area contributed by atoms with Crippen LogP contribution >= 0.6 is 11.3 Å². The minimum atomic E-state index is -0.313. The third-order valence-corrected chi connectivity index (χ3v) is 8.29. The number of unbranched alkanes of at least 4 members (excludes halogenated alkanes) is 2. The minimum absolute atomic E-state index is 0.313. The number of imidazole rings is 1. The lowest BCUT2D eigenvalue weighted by Crippen LogP contribution is -2.35. The standard InChI is InChI=1S/C31H38N4O4S/c1-3-39-30(36)26-9-7-24(8-10-26)28-21-35-31(32-28)40-29(33-35)25-11-13-27(14-12-25)34-17-15-23(16-18-34)22-38-20-6-4-5-19-37-2/h7-14,21,23H,3-6,15-20,22H2,1-2H3. The summed E-state index contributed by atoms with van der Waals surface area (Å²) in [5.74, 6) is 0.341. The Kier molecular flexibility index (Phi) is 9.81. The molecule has 2 aromatic carbocycles. The molecule has 1 saturated heterocycles. The molecule has 0 N–H and O–H groups in total. The molecule has 8 nitrogen and oxygen atoms in total. The second kappa shape index (κ2) is 13.9. The average molecular weight is 563 g/mol. The second-order valence-corrected chi connectivity index (χ2v) is 11.1. The summed E-state index contributed by atoms with van der Waals surface area (Å²) < 4.78 is 17.9. The lowest BCUT2D eigenvalue weighted by Gasteiger charge is -2.33. The van der Waals surface area contributed by atoms with Crippen molar-refractivity contribution in [1.82, 2.24) is 14.6 Å². The highest BCUT2D eigenvalue weighted by molar-refractivity contribution is 7.19. The molecule has 1 aliphatic rings. The summed E-state index contributed by atoms with van der Waals surface area (Å²) in [7, 11) is 1.76. The Morgan fingerprint density at radius 3 is 2.40 bits per heavy atom. The van der Waals surface area contributed by atoms with E-state index >= 15 is 0 Å². The van der Waals surface area contributed by atoms with E-state index in [2.05, 4.69) is 29.2 Å². The van der Waals surface area contributed by atoms with Gasteiger partial charge in [0, 0.05) is 56.8 Å². The number of esters is 1. The van der Waals surface area contributed by atoms with Gasteiger partial charge in [0.2, 0.25) is 4.96 Å². The van der Waals surface area contributed by atoms with Crippen molar-refractivity contribution in [3.05, 3.63) is 60.3 Å². The molecule has 0 amide bonds. The molecule has 0 atom stereocenters. The van der Waals surface area contributed by atoms with Crippen molar-refractivity contribution in [2.75, 3.05) is 51.5 Å². The maximum absolute atomic E-state index is 11.9. The SMILES string of the molecule is CCOC(=O)c1ccc(-c2cn3nc(-c4ccc(N5CCC(COCCCCCOC)CC5)cc4)sc3n2)cc1. The Bertz CT molecular complexity index is 1330. The molecule has 0 aliphatic carbocycles. The van der Waals surface area contributed by atoms with E-state index in [9.17, 15) is 4.79 Å². The molecular weight excluding hydrogens is 524 g/mol. The highest BCUT2D eigenvalue weighted by Gasteiger charge is 2.20. The summed E-state index contributed by atoms with van der Waals surface area (Å²) >= 11 is 1.57. The molecule has 1 aliphatic heterocycles. The number of carbonyl (C=O) groups is 1. The molecule has 2 aromatic heterocycles. The van der Waals surface area contributed by atoms with Crippen molar-refractivity contribution >= 4 is 28.0 Å². The molecule has 0 radical (unpaired) electrons. The van der Waals surface area contributed by atoms with E-state index in [1.54, 1.807) is 37.5 Å². The Hall–Kier alpha value is -3.27. The van der Waals surface area contributed by atoms with Gasteiger partial charge in [-0.05, 0) is 81.3 Å². The molecule has 3 heterocycles. The van der Waals surface area contributed by atoms with Crippen LogP contribution in [0, 0.1) is 5.92 Å². The molecular formula is C31H38N4O4S. The number of anilines is 1. The molecule has 0 spiro atoms.